The van der Waals surface area contributed by atoms with E-state index in [2.05, 4.69) is 31.3 Å². The topological polar surface area (TPSA) is 32.3 Å². The zero-order chi connectivity index (χ0) is 13.8. The fourth-order valence-electron chi connectivity index (χ4n) is 2.74. The second-order valence-corrected chi connectivity index (χ2v) is 5.53. The summed E-state index contributed by atoms with van der Waals surface area (Å²) >= 11 is 0. The van der Waals surface area contributed by atoms with Crippen LogP contribution in [0.5, 0.6) is 0 Å². The molecule has 0 fully saturated rings. The van der Waals surface area contributed by atoms with Gasteiger partial charge >= 0.3 is 0 Å². The molecule has 2 atom stereocenters. The number of likely N-dealkylation sites (N-methyl/N-ethyl adjacent to an activating group) is 1. The summed E-state index contributed by atoms with van der Waals surface area (Å²) in [6.07, 6.45) is 3.08. The number of carbonyl (C=O) groups excluding carboxylic acids is 1. The minimum Gasteiger partial charge on any atom is -0.382 e. The first-order valence-electron chi connectivity index (χ1n) is 7.24. The van der Waals surface area contributed by atoms with Crippen LogP contribution in [0, 0.1) is 0 Å². The fourth-order valence-corrected chi connectivity index (χ4v) is 2.74. The highest BCUT2D eigenvalue weighted by Crippen LogP contribution is 2.35. The molecule has 1 heterocycles. The Balaban J connectivity index is 2.18. The van der Waals surface area contributed by atoms with Gasteiger partial charge < -0.3 is 10.2 Å². The molecule has 1 aromatic rings. The zero-order valence-electron chi connectivity index (χ0n) is 12.1. The van der Waals surface area contributed by atoms with Crippen molar-refractivity contribution in [3.63, 3.8) is 0 Å². The lowest BCUT2D eigenvalue weighted by Crippen LogP contribution is -2.37. The summed E-state index contributed by atoms with van der Waals surface area (Å²) in [4.78, 5) is 14.5. The summed E-state index contributed by atoms with van der Waals surface area (Å²) in [5.74, 6) is 0.267. The van der Waals surface area contributed by atoms with Crippen LogP contribution in [0.2, 0.25) is 0 Å². The van der Waals surface area contributed by atoms with Crippen LogP contribution in [0.15, 0.2) is 24.3 Å². The van der Waals surface area contributed by atoms with E-state index >= 15 is 0 Å². The maximum absolute atomic E-state index is 12.6. The van der Waals surface area contributed by atoms with E-state index in [0.717, 1.165) is 37.1 Å². The quantitative estimate of drug-likeness (QED) is 0.901. The number of nitrogens with zero attached hydrogens (tertiary/aromatic N) is 1. The highest BCUT2D eigenvalue weighted by Gasteiger charge is 2.30. The van der Waals surface area contributed by atoms with E-state index in [0.29, 0.717) is 6.04 Å². The molecule has 3 heteroatoms. The minimum absolute atomic E-state index is 0.00862. The summed E-state index contributed by atoms with van der Waals surface area (Å²) in [7, 11) is 1.92. The number of amides is 1. The molecule has 1 aromatic carbocycles. The third kappa shape index (κ3) is 3.09. The molecular formula is C16H24N2O. The van der Waals surface area contributed by atoms with E-state index in [4.69, 9.17) is 0 Å². The lowest BCUT2D eigenvalue weighted by Gasteiger charge is -2.33. The molecular weight excluding hydrogens is 236 g/mol. The van der Waals surface area contributed by atoms with Crippen molar-refractivity contribution in [2.45, 2.75) is 45.1 Å². The summed E-state index contributed by atoms with van der Waals surface area (Å²) in [5.41, 5.74) is 2.26. The van der Waals surface area contributed by atoms with Gasteiger partial charge in [-0.05, 0) is 31.4 Å². The minimum atomic E-state index is 0.00862. The van der Waals surface area contributed by atoms with Crippen molar-refractivity contribution in [2.24, 2.45) is 0 Å². The Kier molecular flexibility index (Phi) is 4.46. The lowest BCUT2D eigenvalue weighted by atomic mass is 9.86. The first-order valence-corrected chi connectivity index (χ1v) is 7.24. The summed E-state index contributed by atoms with van der Waals surface area (Å²) in [6, 6.07) is 8.53. The number of benzene rings is 1. The van der Waals surface area contributed by atoms with E-state index in [9.17, 15) is 4.79 Å². The normalized spacial score (nSPS) is 21.4. The van der Waals surface area contributed by atoms with Gasteiger partial charge in [-0.1, -0.05) is 31.5 Å². The van der Waals surface area contributed by atoms with Gasteiger partial charge in [-0.3, -0.25) is 4.79 Å². The van der Waals surface area contributed by atoms with Gasteiger partial charge in [0.2, 0.25) is 5.91 Å². The van der Waals surface area contributed by atoms with Crippen molar-refractivity contribution in [1.29, 1.82) is 0 Å². The number of rotatable bonds is 4. The first kappa shape index (κ1) is 13.9. The molecule has 3 nitrogen and oxygen atoms in total. The van der Waals surface area contributed by atoms with Gasteiger partial charge in [-0.25, -0.2) is 0 Å². The molecule has 1 aliphatic heterocycles. The molecule has 0 saturated carbocycles. The van der Waals surface area contributed by atoms with Crippen LogP contribution in [0.4, 0.5) is 5.69 Å². The van der Waals surface area contributed by atoms with E-state index in [1.165, 1.54) is 0 Å². The van der Waals surface area contributed by atoms with Gasteiger partial charge in [0.15, 0.2) is 0 Å². The molecule has 104 valence electrons. The standard InChI is InChI=1S/C16H24N2O/c1-4-5-10-18(3)16(19)14-11-12(2)17-15-9-7-6-8-13(14)15/h6-9,12,14,17H,4-5,10-11H2,1-3H3. The van der Waals surface area contributed by atoms with E-state index in [1.54, 1.807) is 0 Å². The van der Waals surface area contributed by atoms with Crippen LogP contribution in [0.25, 0.3) is 0 Å². The largest absolute Gasteiger partial charge is 0.382 e. The first-order chi connectivity index (χ1) is 9.13. The Bertz CT molecular complexity index is 444. The molecule has 0 saturated heterocycles. The SMILES string of the molecule is CCCCN(C)C(=O)C1CC(C)Nc2ccccc21. The Hall–Kier alpha value is -1.51. The number of para-hydroxylation sites is 1. The Labute approximate surface area is 116 Å². The Morgan fingerprint density at radius 2 is 2.16 bits per heavy atom. The predicted octanol–water partition coefficient (Wildman–Crippen LogP) is 3.23. The van der Waals surface area contributed by atoms with E-state index in [1.807, 2.05) is 24.1 Å². The molecule has 0 spiro atoms. The molecule has 19 heavy (non-hydrogen) atoms. The predicted molar refractivity (Wildman–Crippen MR) is 79.4 cm³/mol. The average molecular weight is 260 g/mol. The molecule has 1 aliphatic rings. The van der Waals surface area contributed by atoms with Gasteiger partial charge in [-0.2, -0.15) is 0 Å². The molecule has 0 aromatic heterocycles. The van der Waals surface area contributed by atoms with Gasteiger partial charge in [0.05, 0.1) is 5.92 Å². The van der Waals surface area contributed by atoms with Crippen LogP contribution in [-0.2, 0) is 4.79 Å². The van der Waals surface area contributed by atoms with Crippen molar-refractivity contribution >= 4 is 11.6 Å². The number of fused-ring (bicyclic) bond motifs is 1. The average Bonchev–Trinajstić information content (AvgIpc) is 2.42. The summed E-state index contributed by atoms with van der Waals surface area (Å²) < 4.78 is 0. The van der Waals surface area contributed by atoms with Gasteiger partial charge in [-0.15, -0.1) is 0 Å². The van der Waals surface area contributed by atoms with Crippen molar-refractivity contribution in [2.75, 3.05) is 18.9 Å². The number of nitrogens with one attached hydrogen (secondary N) is 1. The van der Waals surface area contributed by atoms with Crippen LogP contribution in [0.1, 0.15) is 44.6 Å². The van der Waals surface area contributed by atoms with Crippen molar-refractivity contribution in [3.05, 3.63) is 29.8 Å². The number of hydrogen-bond acceptors (Lipinski definition) is 2. The second kappa shape index (κ2) is 6.09. The molecule has 1 N–H and O–H groups in total. The van der Waals surface area contributed by atoms with Crippen molar-refractivity contribution < 1.29 is 4.79 Å². The summed E-state index contributed by atoms with van der Waals surface area (Å²) in [6.45, 7) is 5.15. The molecule has 2 unspecified atom stereocenters. The van der Waals surface area contributed by atoms with Gasteiger partial charge in [0.1, 0.15) is 0 Å². The van der Waals surface area contributed by atoms with Crippen LogP contribution < -0.4 is 5.32 Å². The molecule has 1 amide bonds. The number of unbranched alkanes of at least 4 members (excludes halogenated alkanes) is 1. The van der Waals surface area contributed by atoms with Crippen molar-refractivity contribution in [1.82, 2.24) is 4.90 Å². The third-order valence-corrected chi connectivity index (χ3v) is 3.85. The maximum atomic E-state index is 12.6. The van der Waals surface area contributed by atoms with E-state index in [-0.39, 0.29) is 11.8 Å². The van der Waals surface area contributed by atoms with Crippen LogP contribution >= 0.6 is 0 Å². The van der Waals surface area contributed by atoms with Crippen LogP contribution in [0.3, 0.4) is 0 Å². The number of anilines is 1. The monoisotopic (exact) mass is 260 g/mol. The summed E-state index contributed by atoms with van der Waals surface area (Å²) in [5, 5.41) is 3.46. The highest BCUT2D eigenvalue weighted by atomic mass is 16.2. The molecule has 2 rings (SSSR count). The molecule has 0 radical (unpaired) electrons. The zero-order valence-corrected chi connectivity index (χ0v) is 12.1. The molecule has 0 aliphatic carbocycles. The highest BCUT2D eigenvalue weighted by molar-refractivity contribution is 5.86. The maximum Gasteiger partial charge on any atom is 0.230 e. The van der Waals surface area contributed by atoms with Crippen molar-refractivity contribution in [3.8, 4) is 0 Å². The number of carbonyl (C=O) groups is 1. The van der Waals surface area contributed by atoms with Gasteiger partial charge in [0.25, 0.3) is 0 Å². The number of hydrogen-bond donors (Lipinski definition) is 1. The smallest absolute Gasteiger partial charge is 0.230 e. The van der Waals surface area contributed by atoms with Crippen LogP contribution in [-0.4, -0.2) is 30.4 Å². The Morgan fingerprint density at radius 3 is 2.89 bits per heavy atom. The fraction of sp³-hybridized carbons (Fsp3) is 0.562. The second-order valence-electron chi connectivity index (χ2n) is 5.53. The lowest BCUT2D eigenvalue weighted by molar-refractivity contribution is -0.131. The third-order valence-electron chi connectivity index (χ3n) is 3.85. The van der Waals surface area contributed by atoms with E-state index < -0.39 is 0 Å². The molecule has 0 bridgehead atoms. The Morgan fingerprint density at radius 1 is 1.42 bits per heavy atom. The van der Waals surface area contributed by atoms with Gasteiger partial charge in [0, 0.05) is 25.3 Å².